The summed E-state index contributed by atoms with van der Waals surface area (Å²) in [5.41, 5.74) is 0.818. The lowest BCUT2D eigenvalue weighted by Crippen LogP contribution is -2.45. The summed E-state index contributed by atoms with van der Waals surface area (Å²) in [6.45, 7) is 0.844. The number of carbonyl (C=O) groups excluding carboxylic acids is 2. The van der Waals surface area contributed by atoms with Gasteiger partial charge in [-0.3, -0.25) is 14.6 Å². The largest absolute Gasteiger partial charge is 0.424 e. The van der Waals surface area contributed by atoms with Gasteiger partial charge in [0, 0.05) is 19.3 Å². The number of amides is 2. The van der Waals surface area contributed by atoms with Crippen molar-refractivity contribution < 1.29 is 18.7 Å². The molecule has 1 saturated heterocycles. The van der Waals surface area contributed by atoms with E-state index in [-0.39, 0.29) is 29.8 Å². The molecule has 1 aliphatic rings. The Kier molecular flexibility index (Phi) is 5.65. The molecule has 0 unspecified atom stereocenters. The maximum absolute atomic E-state index is 13.1. The molecule has 2 aromatic carbocycles. The Balaban J connectivity index is 1.47. The van der Waals surface area contributed by atoms with Crippen molar-refractivity contribution >= 4 is 11.8 Å². The Morgan fingerprint density at radius 2 is 1.70 bits per heavy atom. The predicted octanol–water partition coefficient (Wildman–Crippen LogP) is 3.24. The number of hydrogen-bond acceptors (Lipinski definition) is 5. The highest BCUT2D eigenvalue weighted by molar-refractivity contribution is 5.94. The normalized spacial score (nSPS) is 13.4. The van der Waals surface area contributed by atoms with Gasteiger partial charge in [-0.15, -0.1) is 0 Å². The summed E-state index contributed by atoms with van der Waals surface area (Å²) < 4.78 is 18.7. The average Bonchev–Trinajstić information content (AvgIpc) is 3.26. The van der Waals surface area contributed by atoms with Gasteiger partial charge in [-0.05, 0) is 42.3 Å². The molecule has 30 heavy (non-hydrogen) atoms. The molecule has 1 aromatic heterocycles. The van der Waals surface area contributed by atoms with Crippen molar-refractivity contribution in [3.05, 3.63) is 83.9 Å². The maximum atomic E-state index is 13.1. The summed E-state index contributed by atoms with van der Waals surface area (Å²) in [6.07, 6.45) is 2.19. The molecule has 8 heteroatoms. The first-order valence-corrected chi connectivity index (χ1v) is 9.53. The van der Waals surface area contributed by atoms with E-state index in [1.807, 2.05) is 18.2 Å². The zero-order valence-electron chi connectivity index (χ0n) is 16.1. The molecule has 2 amide bonds. The summed E-state index contributed by atoms with van der Waals surface area (Å²) in [5.74, 6) is -0.441. The molecule has 0 N–H and O–H groups in total. The summed E-state index contributed by atoms with van der Waals surface area (Å²) in [7, 11) is 0. The highest BCUT2D eigenvalue weighted by Gasteiger charge is 2.32. The Morgan fingerprint density at radius 1 is 0.967 bits per heavy atom. The molecule has 7 nitrogen and oxygen atoms in total. The third kappa shape index (κ3) is 4.43. The van der Waals surface area contributed by atoms with E-state index in [0.717, 1.165) is 0 Å². The van der Waals surface area contributed by atoms with Gasteiger partial charge in [0.25, 0.3) is 5.91 Å². The number of ether oxygens (including phenoxy) is 1. The third-order valence-electron chi connectivity index (χ3n) is 4.63. The number of rotatable bonds is 5. The van der Waals surface area contributed by atoms with Crippen molar-refractivity contribution in [3.63, 3.8) is 0 Å². The predicted molar refractivity (Wildman–Crippen MR) is 106 cm³/mol. The number of hydrazine groups is 1. The number of para-hydroxylation sites is 1. The van der Waals surface area contributed by atoms with Gasteiger partial charge in [-0.25, -0.2) is 14.4 Å². The van der Waals surface area contributed by atoms with Gasteiger partial charge in [-0.1, -0.05) is 30.3 Å². The van der Waals surface area contributed by atoms with E-state index < -0.39 is 5.91 Å². The van der Waals surface area contributed by atoms with Gasteiger partial charge in [0.05, 0.1) is 6.42 Å². The van der Waals surface area contributed by atoms with Gasteiger partial charge < -0.3 is 4.74 Å². The van der Waals surface area contributed by atoms with E-state index in [1.165, 1.54) is 34.4 Å². The number of benzene rings is 2. The highest BCUT2D eigenvalue weighted by atomic mass is 19.1. The zero-order chi connectivity index (χ0) is 20.9. The minimum absolute atomic E-state index is 0.0513. The van der Waals surface area contributed by atoms with Gasteiger partial charge in [-0.2, -0.15) is 4.98 Å². The molecule has 0 atom stereocenters. The van der Waals surface area contributed by atoms with Gasteiger partial charge >= 0.3 is 6.01 Å². The van der Waals surface area contributed by atoms with E-state index in [9.17, 15) is 14.0 Å². The zero-order valence-corrected chi connectivity index (χ0v) is 16.1. The molecule has 1 fully saturated rings. The van der Waals surface area contributed by atoms with Crippen LogP contribution in [-0.4, -0.2) is 44.9 Å². The van der Waals surface area contributed by atoms with Gasteiger partial charge in [0.1, 0.15) is 17.3 Å². The minimum atomic E-state index is -0.403. The molecular weight excluding hydrogens is 387 g/mol. The van der Waals surface area contributed by atoms with Crippen LogP contribution < -0.4 is 4.74 Å². The van der Waals surface area contributed by atoms with Gasteiger partial charge in [0.2, 0.25) is 5.91 Å². The fraction of sp³-hybridized carbons (Fsp3) is 0.182. The first kappa shape index (κ1) is 19.5. The molecular formula is C22H19FN4O3. The standard InChI is InChI=1S/C22H19FN4O3/c23-17-9-7-16(8-10-17)15-20(28)26-13-4-14-27(26)21(29)19-11-12-24-22(25-19)30-18-5-2-1-3-6-18/h1-3,5-12H,4,13-15H2. The number of nitrogens with zero attached hydrogens (tertiary/aromatic N) is 4. The van der Waals surface area contributed by atoms with Crippen LogP contribution in [0.2, 0.25) is 0 Å². The Labute approximate surface area is 172 Å². The monoisotopic (exact) mass is 406 g/mol. The van der Waals surface area contributed by atoms with E-state index in [1.54, 1.807) is 24.3 Å². The summed E-state index contributed by atoms with van der Waals surface area (Å²) in [5, 5.41) is 2.81. The quantitative estimate of drug-likeness (QED) is 0.650. The fourth-order valence-electron chi connectivity index (χ4n) is 3.19. The smallest absolute Gasteiger partial charge is 0.322 e. The highest BCUT2D eigenvalue weighted by Crippen LogP contribution is 2.19. The van der Waals surface area contributed by atoms with Crippen LogP contribution in [0.1, 0.15) is 22.5 Å². The first-order chi connectivity index (χ1) is 14.6. The molecule has 1 aliphatic heterocycles. The SMILES string of the molecule is O=C(Cc1ccc(F)cc1)N1CCCN1C(=O)c1ccnc(Oc2ccccc2)n1. The number of halogens is 1. The second-order valence-electron chi connectivity index (χ2n) is 6.74. The van der Waals surface area contributed by atoms with Crippen LogP contribution in [0.4, 0.5) is 4.39 Å². The van der Waals surface area contributed by atoms with Crippen LogP contribution in [0.15, 0.2) is 66.9 Å². The van der Waals surface area contributed by atoms with Crippen molar-refractivity contribution in [2.24, 2.45) is 0 Å². The molecule has 4 rings (SSSR count). The van der Waals surface area contributed by atoms with E-state index in [2.05, 4.69) is 9.97 Å². The molecule has 0 radical (unpaired) electrons. The van der Waals surface area contributed by atoms with Gasteiger partial charge in [0.15, 0.2) is 0 Å². The molecule has 152 valence electrons. The van der Waals surface area contributed by atoms with Crippen LogP contribution in [0.3, 0.4) is 0 Å². The van der Waals surface area contributed by atoms with E-state index in [4.69, 9.17) is 4.74 Å². The molecule has 0 aliphatic carbocycles. The molecule has 0 saturated carbocycles. The lowest BCUT2D eigenvalue weighted by Gasteiger charge is -2.27. The van der Waals surface area contributed by atoms with E-state index in [0.29, 0.717) is 30.8 Å². The van der Waals surface area contributed by atoms with Crippen molar-refractivity contribution in [2.45, 2.75) is 12.8 Å². The molecule has 2 heterocycles. The van der Waals surface area contributed by atoms with Crippen molar-refractivity contribution in [1.82, 2.24) is 20.0 Å². The Morgan fingerprint density at radius 3 is 2.47 bits per heavy atom. The molecule has 0 bridgehead atoms. The van der Waals surface area contributed by atoms with Crippen LogP contribution in [0.5, 0.6) is 11.8 Å². The number of aromatic nitrogens is 2. The summed E-state index contributed by atoms with van der Waals surface area (Å²) in [6, 6.07) is 16.3. The fourth-order valence-corrected chi connectivity index (χ4v) is 3.19. The van der Waals surface area contributed by atoms with Crippen molar-refractivity contribution in [3.8, 4) is 11.8 Å². The number of carbonyl (C=O) groups is 2. The summed E-state index contributed by atoms with van der Waals surface area (Å²) >= 11 is 0. The topological polar surface area (TPSA) is 75.6 Å². The van der Waals surface area contributed by atoms with Crippen LogP contribution in [-0.2, 0) is 11.2 Å². The second kappa shape index (κ2) is 8.69. The van der Waals surface area contributed by atoms with Crippen molar-refractivity contribution in [2.75, 3.05) is 13.1 Å². The minimum Gasteiger partial charge on any atom is -0.424 e. The first-order valence-electron chi connectivity index (χ1n) is 9.53. The Hall–Kier alpha value is -3.81. The van der Waals surface area contributed by atoms with Crippen LogP contribution in [0, 0.1) is 5.82 Å². The number of hydrogen-bond donors (Lipinski definition) is 0. The third-order valence-corrected chi connectivity index (χ3v) is 4.63. The molecule has 3 aromatic rings. The average molecular weight is 406 g/mol. The maximum Gasteiger partial charge on any atom is 0.322 e. The van der Waals surface area contributed by atoms with Crippen LogP contribution in [0.25, 0.3) is 0 Å². The summed E-state index contributed by atoms with van der Waals surface area (Å²) in [4.78, 5) is 34.0. The lowest BCUT2D eigenvalue weighted by molar-refractivity contribution is -0.139. The van der Waals surface area contributed by atoms with E-state index >= 15 is 0 Å². The Bertz CT molecular complexity index is 1040. The molecule has 0 spiro atoms. The van der Waals surface area contributed by atoms with Crippen LogP contribution >= 0.6 is 0 Å². The second-order valence-corrected chi connectivity index (χ2v) is 6.74. The van der Waals surface area contributed by atoms with Crippen molar-refractivity contribution in [1.29, 1.82) is 0 Å². The lowest BCUT2D eigenvalue weighted by atomic mass is 10.1.